The Kier molecular flexibility index (Phi) is 8.04. The molecule has 1 unspecified atom stereocenters. The van der Waals surface area contributed by atoms with E-state index >= 15 is 0 Å². The minimum atomic E-state index is -3.88. The molecule has 0 aromatic heterocycles. The van der Waals surface area contributed by atoms with E-state index < -0.39 is 15.9 Å². The smallest absolute Gasteiger partial charge is 0.246 e. The number of nitrogens with zero attached hydrogens (tertiary/aromatic N) is 1. The lowest BCUT2D eigenvalue weighted by Crippen LogP contribution is -2.45. The number of amides is 1. The Balaban J connectivity index is 1.75. The van der Waals surface area contributed by atoms with E-state index in [4.69, 9.17) is 18.9 Å². The van der Waals surface area contributed by atoms with Crippen LogP contribution in [0.4, 0.5) is 0 Å². The molecule has 180 valence electrons. The first-order chi connectivity index (χ1) is 15.8. The number of methoxy groups -OCH3 is 4. The summed E-state index contributed by atoms with van der Waals surface area (Å²) in [6.07, 6.45) is 1.16. The number of piperidine rings is 1. The molecule has 1 fully saturated rings. The van der Waals surface area contributed by atoms with Gasteiger partial charge < -0.3 is 24.3 Å². The molecule has 1 aliphatic heterocycles. The van der Waals surface area contributed by atoms with Crippen LogP contribution in [0.2, 0.25) is 0 Å². The third-order valence-electron chi connectivity index (χ3n) is 5.71. The van der Waals surface area contributed by atoms with Gasteiger partial charge in [-0.3, -0.25) is 4.79 Å². The van der Waals surface area contributed by atoms with E-state index in [-0.39, 0.29) is 29.6 Å². The fraction of sp³-hybridized carbons (Fsp3) is 0.435. The minimum Gasteiger partial charge on any atom is -0.497 e. The minimum absolute atomic E-state index is 0.0177. The van der Waals surface area contributed by atoms with Gasteiger partial charge in [0.25, 0.3) is 0 Å². The molecule has 9 nitrogen and oxygen atoms in total. The summed E-state index contributed by atoms with van der Waals surface area (Å²) in [6.45, 7) is 0.614. The second-order valence-corrected chi connectivity index (χ2v) is 9.48. The average molecular weight is 479 g/mol. The van der Waals surface area contributed by atoms with Crippen LogP contribution in [0.25, 0.3) is 0 Å². The van der Waals surface area contributed by atoms with Crippen LogP contribution in [0, 0.1) is 5.92 Å². The van der Waals surface area contributed by atoms with Crippen LogP contribution in [0.3, 0.4) is 0 Å². The van der Waals surface area contributed by atoms with Crippen molar-refractivity contribution in [1.29, 1.82) is 0 Å². The van der Waals surface area contributed by atoms with E-state index in [1.807, 2.05) is 0 Å². The maximum atomic E-state index is 13.4. The van der Waals surface area contributed by atoms with E-state index in [0.29, 0.717) is 36.6 Å². The van der Waals surface area contributed by atoms with Crippen LogP contribution < -0.4 is 24.3 Å². The van der Waals surface area contributed by atoms with Crippen LogP contribution in [0.5, 0.6) is 23.0 Å². The number of carbonyl (C=O) groups excluding carboxylic acids is 1. The van der Waals surface area contributed by atoms with Gasteiger partial charge in [-0.2, -0.15) is 4.31 Å². The number of rotatable bonds is 9. The van der Waals surface area contributed by atoms with Gasteiger partial charge in [-0.1, -0.05) is 6.07 Å². The second-order valence-electron chi connectivity index (χ2n) is 7.58. The van der Waals surface area contributed by atoms with Gasteiger partial charge in [-0.15, -0.1) is 0 Å². The fourth-order valence-corrected chi connectivity index (χ4v) is 5.62. The van der Waals surface area contributed by atoms with E-state index in [0.717, 1.165) is 5.56 Å². The summed E-state index contributed by atoms with van der Waals surface area (Å²) in [5.74, 6) is 1.14. The molecule has 0 aliphatic carbocycles. The number of hydrogen-bond acceptors (Lipinski definition) is 7. The molecule has 10 heteroatoms. The zero-order valence-corrected chi connectivity index (χ0v) is 20.1. The van der Waals surface area contributed by atoms with Gasteiger partial charge in [-0.25, -0.2) is 8.42 Å². The van der Waals surface area contributed by atoms with Crippen molar-refractivity contribution in [2.24, 2.45) is 5.92 Å². The van der Waals surface area contributed by atoms with Crippen molar-refractivity contribution in [3.05, 3.63) is 42.0 Å². The highest BCUT2D eigenvalue weighted by atomic mass is 32.2. The lowest BCUT2D eigenvalue weighted by molar-refractivity contribution is -0.126. The van der Waals surface area contributed by atoms with Crippen molar-refractivity contribution >= 4 is 15.9 Å². The highest BCUT2D eigenvalue weighted by Crippen LogP contribution is 2.33. The predicted octanol–water partition coefficient (Wildman–Crippen LogP) is 2.44. The summed E-state index contributed by atoms with van der Waals surface area (Å²) < 4.78 is 49.3. The molecule has 1 aliphatic rings. The van der Waals surface area contributed by atoms with Gasteiger partial charge in [-0.05, 0) is 37.1 Å². The fourth-order valence-electron chi connectivity index (χ4n) is 3.92. The number of ether oxygens (including phenoxy) is 4. The third-order valence-corrected chi connectivity index (χ3v) is 7.60. The van der Waals surface area contributed by atoms with Gasteiger partial charge in [0.2, 0.25) is 15.9 Å². The molecule has 0 radical (unpaired) electrons. The Morgan fingerprint density at radius 3 is 2.27 bits per heavy atom. The molecular weight excluding hydrogens is 448 g/mol. The number of benzene rings is 2. The van der Waals surface area contributed by atoms with Gasteiger partial charge in [0.05, 0.1) is 46.5 Å². The van der Waals surface area contributed by atoms with Crippen molar-refractivity contribution in [2.45, 2.75) is 24.3 Å². The molecule has 1 atom stereocenters. The molecule has 1 N–H and O–H groups in total. The molecule has 2 aromatic rings. The Morgan fingerprint density at radius 2 is 1.67 bits per heavy atom. The average Bonchev–Trinajstić information content (AvgIpc) is 2.86. The largest absolute Gasteiger partial charge is 0.497 e. The van der Waals surface area contributed by atoms with Gasteiger partial charge in [0.1, 0.15) is 27.9 Å². The summed E-state index contributed by atoms with van der Waals surface area (Å²) in [7, 11) is 2.11. The standard InChI is InChI=1S/C23H30N2O7S/c1-29-17-10-11-21(32-4)22(13-17)33(27,28)25-12-6-7-16(15-25)23(26)24-14-18-19(30-2)8-5-9-20(18)31-3/h5,8-11,13,16H,6-7,12,14-15H2,1-4H3,(H,24,26). The molecular formula is C23H30N2O7S. The summed E-state index contributed by atoms with van der Waals surface area (Å²) in [5, 5.41) is 2.91. The topological polar surface area (TPSA) is 103 Å². The van der Waals surface area contributed by atoms with E-state index in [2.05, 4.69) is 5.32 Å². The summed E-state index contributed by atoms with van der Waals surface area (Å²) in [5.41, 5.74) is 0.720. The summed E-state index contributed by atoms with van der Waals surface area (Å²) in [6, 6.07) is 10.0. The molecule has 1 saturated heterocycles. The molecule has 3 rings (SSSR count). The quantitative estimate of drug-likeness (QED) is 0.590. The van der Waals surface area contributed by atoms with Crippen LogP contribution in [-0.4, -0.2) is 60.2 Å². The van der Waals surface area contributed by atoms with Crippen LogP contribution in [0.1, 0.15) is 18.4 Å². The molecule has 0 spiro atoms. The van der Waals surface area contributed by atoms with Crippen molar-refractivity contribution < 1.29 is 32.2 Å². The number of sulfonamides is 1. The van der Waals surface area contributed by atoms with Crippen molar-refractivity contribution in [2.75, 3.05) is 41.5 Å². The Bertz CT molecular complexity index is 1070. The predicted molar refractivity (Wildman–Crippen MR) is 122 cm³/mol. The lowest BCUT2D eigenvalue weighted by atomic mass is 9.98. The second kappa shape index (κ2) is 10.8. The third kappa shape index (κ3) is 5.33. The summed E-state index contributed by atoms with van der Waals surface area (Å²) >= 11 is 0. The van der Waals surface area contributed by atoms with Gasteiger partial charge in [0, 0.05) is 19.2 Å². The SMILES string of the molecule is COc1ccc(OC)c(S(=O)(=O)N2CCCC(C(=O)NCc3c(OC)cccc3OC)C2)c1. The lowest BCUT2D eigenvalue weighted by Gasteiger charge is -2.31. The normalized spacial score (nSPS) is 16.7. The zero-order valence-electron chi connectivity index (χ0n) is 19.3. The first kappa shape index (κ1) is 24.7. The first-order valence-electron chi connectivity index (χ1n) is 10.6. The highest BCUT2D eigenvalue weighted by Gasteiger charge is 2.35. The number of carbonyl (C=O) groups is 1. The molecule has 33 heavy (non-hydrogen) atoms. The Labute approximate surface area is 194 Å². The zero-order chi connectivity index (χ0) is 24.0. The maximum absolute atomic E-state index is 13.4. The monoisotopic (exact) mass is 478 g/mol. The number of hydrogen-bond donors (Lipinski definition) is 1. The van der Waals surface area contributed by atoms with E-state index in [1.165, 1.54) is 24.6 Å². The van der Waals surface area contributed by atoms with E-state index in [1.54, 1.807) is 44.6 Å². The maximum Gasteiger partial charge on any atom is 0.246 e. The molecule has 2 aromatic carbocycles. The van der Waals surface area contributed by atoms with Crippen molar-refractivity contribution in [1.82, 2.24) is 9.62 Å². The molecule has 0 bridgehead atoms. The first-order valence-corrected chi connectivity index (χ1v) is 12.0. The Morgan fingerprint density at radius 1 is 1.00 bits per heavy atom. The Hall–Kier alpha value is -2.98. The molecule has 0 saturated carbocycles. The highest BCUT2D eigenvalue weighted by molar-refractivity contribution is 7.89. The van der Waals surface area contributed by atoms with Gasteiger partial charge >= 0.3 is 0 Å². The van der Waals surface area contributed by atoms with E-state index in [9.17, 15) is 13.2 Å². The molecule has 1 heterocycles. The summed E-state index contributed by atoms with van der Waals surface area (Å²) in [4.78, 5) is 13.0. The molecule has 1 amide bonds. The van der Waals surface area contributed by atoms with Crippen LogP contribution in [0.15, 0.2) is 41.3 Å². The van der Waals surface area contributed by atoms with Crippen LogP contribution >= 0.6 is 0 Å². The van der Waals surface area contributed by atoms with Gasteiger partial charge in [0.15, 0.2) is 0 Å². The number of nitrogens with one attached hydrogen (secondary N) is 1. The van der Waals surface area contributed by atoms with Crippen LogP contribution in [-0.2, 0) is 21.4 Å². The van der Waals surface area contributed by atoms with Crippen molar-refractivity contribution in [3.63, 3.8) is 0 Å². The van der Waals surface area contributed by atoms with Crippen molar-refractivity contribution in [3.8, 4) is 23.0 Å².